The van der Waals surface area contributed by atoms with Crippen molar-refractivity contribution in [3.8, 4) is 11.5 Å². The van der Waals surface area contributed by atoms with Crippen molar-refractivity contribution in [3.05, 3.63) is 71.4 Å². The van der Waals surface area contributed by atoms with Gasteiger partial charge in [-0.15, -0.1) is 10.2 Å². The van der Waals surface area contributed by atoms with Gasteiger partial charge in [0.2, 0.25) is 5.89 Å². The number of hydrogen-bond acceptors (Lipinski definition) is 9. The number of benzene rings is 2. The molecule has 1 aromatic heterocycles. The number of nitrogens with zero attached hydrogens (tertiary/aromatic N) is 4. The largest absolute Gasteiger partial charge is 0.414 e. The van der Waals surface area contributed by atoms with E-state index in [2.05, 4.69) is 26.9 Å². The molecule has 0 amide bonds. The molecule has 0 spiro atoms. The second kappa shape index (κ2) is 9.79. The van der Waals surface area contributed by atoms with E-state index in [1.54, 1.807) is 57.2 Å². The number of amidine groups is 1. The van der Waals surface area contributed by atoms with Gasteiger partial charge in [0.05, 0.1) is 10.1 Å². The number of rotatable bonds is 8. The van der Waals surface area contributed by atoms with Gasteiger partial charge in [0.15, 0.2) is 21.4 Å². The van der Waals surface area contributed by atoms with Crippen LogP contribution < -0.4 is 11.5 Å². The first-order valence-corrected chi connectivity index (χ1v) is 11.7. The number of nitrogen functional groups attached to an aromatic ring is 1. The van der Waals surface area contributed by atoms with Gasteiger partial charge in [0, 0.05) is 16.8 Å². The summed E-state index contributed by atoms with van der Waals surface area (Å²) in [4.78, 5) is 8.49. The van der Waals surface area contributed by atoms with Crippen molar-refractivity contribution >= 4 is 33.8 Å². The van der Waals surface area contributed by atoms with E-state index in [9.17, 15) is 8.42 Å². The zero-order chi connectivity index (χ0) is 25.0. The average molecular weight is 480 g/mol. The highest BCUT2D eigenvalue weighted by molar-refractivity contribution is 7.92. The Morgan fingerprint density at radius 2 is 1.62 bits per heavy atom. The van der Waals surface area contributed by atoms with Crippen LogP contribution in [0.3, 0.4) is 0 Å². The number of aliphatic imine (C=N–C) groups is 2. The molecule has 3 rings (SSSR count). The molecule has 3 aromatic rings. The molecule has 0 unspecified atom stereocenters. The quantitative estimate of drug-likeness (QED) is 0.329. The predicted molar refractivity (Wildman–Crippen MR) is 132 cm³/mol. The fourth-order valence-electron chi connectivity index (χ4n) is 2.91. The van der Waals surface area contributed by atoms with Crippen molar-refractivity contribution in [3.63, 3.8) is 0 Å². The van der Waals surface area contributed by atoms with Crippen LogP contribution in [0.5, 0.6) is 0 Å². The highest BCUT2D eigenvalue weighted by atomic mass is 32.2. The minimum absolute atomic E-state index is 0.0134. The monoisotopic (exact) mass is 479 g/mol. The van der Waals surface area contributed by atoms with Crippen LogP contribution in [0.25, 0.3) is 17.2 Å². The summed E-state index contributed by atoms with van der Waals surface area (Å²) in [6, 6.07) is 13.2. The van der Waals surface area contributed by atoms with Crippen molar-refractivity contribution in [2.24, 2.45) is 21.5 Å². The summed E-state index contributed by atoms with van der Waals surface area (Å²) in [6.45, 7) is 8.45. The van der Waals surface area contributed by atoms with Gasteiger partial charge in [0.25, 0.3) is 5.89 Å². The summed E-state index contributed by atoms with van der Waals surface area (Å²) < 4.78 is 30.5. The Kier molecular flexibility index (Phi) is 7.06. The van der Waals surface area contributed by atoms with Crippen LogP contribution in [0.15, 0.2) is 73.6 Å². The second-order valence-electron chi connectivity index (χ2n) is 7.61. The van der Waals surface area contributed by atoms with Crippen LogP contribution in [0.2, 0.25) is 0 Å². The van der Waals surface area contributed by atoms with Gasteiger partial charge in [-0.25, -0.2) is 18.4 Å². The molecule has 0 radical (unpaired) electrons. The van der Waals surface area contributed by atoms with E-state index in [0.717, 1.165) is 0 Å². The molecule has 0 aliphatic rings. The summed E-state index contributed by atoms with van der Waals surface area (Å²) in [5.74, 6) is 0.192. The molecule has 0 aliphatic heterocycles. The number of aromatic nitrogens is 2. The maximum absolute atomic E-state index is 12.4. The Morgan fingerprint density at radius 3 is 2.15 bits per heavy atom. The molecule has 0 saturated heterocycles. The van der Waals surface area contributed by atoms with E-state index >= 15 is 0 Å². The molecule has 0 bridgehead atoms. The summed E-state index contributed by atoms with van der Waals surface area (Å²) in [7, 11) is -3.38. The maximum atomic E-state index is 12.4. The first kappa shape index (κ1) is 24.5. The zero-order valence-electron chi connectivity index (χ0n) is 19.0. The fraction of sp³-hybridized carbons (Fsp3) is 0.174. The van der Waals surface area contributed by atoms with Gasteiger partial charge < -0.3 is 15.9 Å². The summed E-state index contributed by atoms with van der Waals surface area (Å²) in [5, 5.41) is 15.0. The lowest BCUT2D eigenvalue weighted by atomic mass is 10.1. The van der Waals surface area contributed by atoms with E-state index in [-0.39, 0.29) is 34.0 Å². The van der Waals surface area contributed by atoms with Gasteiger partial charge in [-0.1, -0.05) is 24.3 Å². The topological polar surface area (TPSA) is 174 Å². The Labute approximate surface area is 197 Å². The summed E-state index contributed by atoms with van der Waals surface area (Å²) >= 11 is 0. The van der Waals surface area contributed by atoms with Gasteiger partial charge in [-0.3, -0.25) is 5.41 Å². The normalized spacial score (nSPS) is 13.0. The Morgan fingerprint density at radius 1 is 1.03 bits per heavy atom. The minimum Gasteiger partial charge on any atom is -0.414 e. The van der Waals surface area contributed by atoms with Gasteiger partial charge in [-0.05, 0) is 57.3 Å². The first-order chi connectivity index (χ1) is 16.0. The number of nitrogens with two attached hydrogens (primary N) is 2. The van der Waals surface area contributed by atoms with Gasteiger partial charge >= 0.3 is 0 Å². The minimum atomic E-state index is -3.38. The standard InChI is InChI=1S/C23H25N7O3S/c1-13(2)34(31,32)18-11-9-15(10-12-18)14(3)28-19(21(26)27-4)23-30-29-22(33-23)17-7-5-16(6-8-17)20(24)25/h5-13H,4,26H2,1-3H3,(H3,24,25)/b21-19-,28-14+. The molecule has 2 aromatic carbocycles. The molecule has 0 fully saturated rings. The van der Waals surface area contributed by atoms with Crippen LogP contribution in [-0.2, 0) is 9.84 Å². The van der Waals surface area contributed by atoms with E-state index in [1.165, 1.54) is 12.1 Å². The Balaban J connectivity index is 1.95. The van der Waals surface area contributed by atoms with Gasteiger partial charge in [-0.2, -0.15) is 0 Å². The lowest BCUT2D eigenvalue weighted by Crippen LogP contribution is -2.14. The van der Waals surface area contributed by atoms with Crippen LogP contribution >= 0.6 is 0 Å². The number of hydrogen-bond donors (Lipinski definition) is 3. The Hall–Kier alpha value is -4.12. The molecule has 0 aliphatic carbocycles. The molecule has 0 atom stereocenters. The van der Waals surface area contributed by atoms with Crippen molar-refractivity contribution in [2.45, 2.75) is 30.9 Å². The molecular formula is C23H25N7O3S. The van der Waals surface area contributed by atoms with E-state index in [0.29, 0.717) is 22.4 Å². The molecule has 176 valence electrons. The SMILES string of the molecule is C=N/C(N)=C(\N=C(/C)c1ccc(S(=O)(=O)C(C)C)cc1)c1nnc(-c2ccc(C(=N)N)cc2)o1. The molecule has 34 heavy (non-hydrogen) atoms. The first-order valence-electron chi connectivity index (χ1n) is 10.2. The van der Waals surface area contributed by atoms with Crippen molar-refractivity contribution in [1.82, 2.24) is 10.2 Å². The number of sulfone groups is 1. The van der Waals surface area contributed by atoms with Crippen LogP contribution in [0.4, 0.5) is 0 Å². The van der Waals surface area contributed by atoms with Crippen LogP contribution in [0.1, 0.15) is 37.8 Å². The van der Waals surface area contributed by atoms with Crippen molar-refractivity contribution in [1.29, 1.82) is 5.41 Å². The summed E-state index contributed by atoms with van der Waals surface area (Å²) in [6.07, 6.45) is 0. The highest BCUT2D eigenvalue weighted by Crippen LogP contribution is 2.25. The molecule has 11 heteroatoms. The smallest absolute Gasteiger partial charge is 0.270 e. The lowest BCUT2D eigenvalue weighted by molar-refractivity contribution is 0.551. The fourth-order valence-corrected chi connectivity index (χ4v) is 3.97. The molecule has 5 N–H and O–H groups in total. The van der Waals surface area contributed by atoms with E-state index < -0.39 is 15.1 Å². The number of nitrogens with one attached hydrogen (secondary N) is 1. The van der Waals surface area contributed by atoms with Crippen LogP contribution in [0, 0.1) is 5.41 Å². The third kappa shape index (κ3) is 5.09. The van der Waals surface area contributed by atoms with Gasteiger partial charge in [0.1, 0.15) is 5.84 Å². The van der Waals surface area contributed by atoms with Crippen LogP contribution in [-0.4, -0.2) is 42.1 Å². The highest BCUT2D eigenvalue weighted by Gasteiger charge is 2.20. The molecule has 0 saturated carbocycles. The second-order valence-corrected chi connectivity index (χ2v) is 10.1. The maximum Gasteiger partial charge on any atom is 0.270 e. The van der Waals surface area contributed by atoms with E-state index in [4.69, 9.17) is 21.3 Å². The van der Waals surface area contributed by atoms with Crippen molar-refractivity contribution in [2.75, 3.05) is 0 Å². The molecular weight excluding hydrogens is 454 g/mol. The predicted octanol–water partition coefficient (Wildman–Crippen LogP) is 3.00. The average Bonchev–Trinajstić information content (AvgIpc) is 3.31. The zero-order valence-corrected chi connectivity index (χ0v) is 19.8. The van der Waals surface area contributed by atoms with E-state index in [1.807, 2.05) is 0 Å². The summed E-state index contributed by atoms with van der Waals surface area (Å²) in [5.41, 5.74) is 14.0. The molecule has 10 nitrogen and oxygen atoms in total. The molecule has 1 heterocycles. The third-order valence-electron chi connectivity index (χ3n) is 4.98. The lowest BCUT2D eigenvalue weighted by Gasteiger charge is -2.09. The third-order valence-corrected chi connectivity index (χ3v) is 7.15. The van der Waals surface area contributed by atoms with Crippen molar-refractivity contribution < 1.29 is 12.8 Å². The Bertz CT molecular complexity index is 1390.